The quantitative estimate of drug-likeness (QED) is 0.0488. The van der Waals surface area contributed by atoms with Gasteiger partial charge in [0, 0.05) is 6.54 Å². The molecule has 1 saturated heterocycles. The van der Waals surface area contributed by atoms with E-state index >= 15 is 0 Å². The average Bonchev–Trinajstić information content (AvgIpc) is 3.50. The van der Waals surface area contributed by atoms with Gasteiger partial charge in [-0.3, -0.25) is 14.6 Å². The van der Waals surface area contributed by atoms with Gasteiger partial charge in [0.05, 0.1) is 12.6 Å². The molecular formula is C16H33N7O5. The van der Waals surface area contributed by atoms with Gasteiger partial charge in [0.15, 0.2) is 5.96 Å². The van der Waals surface area contributed by atoms with Gasteiger partial charge in [-0.15, -0.1) is 0 Å². The van der Waals surface area contributed by atoms with E-state index in [4.69, 9.17) is 17.2 Å². The van der Waals surface area contributed by atoms with Crippen molar-refractivity contribution in [2.24, 2.45) is 22.2 Å². The summed E-state index contributed by atoms with van der Waals surface area (Å²) in [5.74, 6) is -0.875. The zero-order valence-corrected chi connectivity index (χ0v) is 16.2. The topological polar surface area (TPSA) is 206 Å². The molecule has 12 nitrogen and oxygen atoms in total. The van der Waals surface area contributed by atoms with Crippen LogP contribution in [0, 0.1) is 0 Å². The van der Waals surface area contributed by atoms with Crippen LogP contribution in [0.2, 0.25) is 0 Å². The fourth-order valence-electron chi connectivity index (χ4n) is 2.50. The largest absolute Gasteiger partial charge is 0.394 e. The van der Waals surface area contributed by atoms with E-state index in [0.29, 0.717) is 25.8 Å². The minimum Gasteiger partial charge on any atom is -0.394 e. The first kappa shape index (κ1) is 24.0. The van der Waals surface area contributed by atoms with Gasteiger partial charge in [-0.2, -0.15) is 9.78 Å². The molecule has 1 heterocycles. The molecule has 1 rings (SSSR count). The Morgan fingerprint density at radius 1 is 1.11 bits per heavy atom. The summed E-state index contributed by atoms with van der Waals surface area (Å²) in [6, 6.07) is -2.26. The van der Waals surface area contributed by atoms with Crippen LogP contribution in [0.15, 0.2) is 4.99 Å². The van der Waals surface area contributed by atoms with Crippen molar-refractivity contribution in [2.45, 2.75) is 56.5 Å². The van der Waals surface area contributed by atoms with Crippen molar-refractivity contribution in [3.8, 4) is 0 Å². The Kier molecular flexibility index (Phi) is 11.4. The van der Waals surface area contributed by atoms with E-state index < -0.39 is 36.2 Å². The molecule has 1 aliphatic rings. The van der Waals surface area contributed by atoms with Gasteiger partial charge in [0.2, 0.25) is 18.1 Å². The molecule has 0 aliphatic carbocycles. The Hall–Kier alpha value is -1.99. The first-order valence-electron chi connectivity index (χ1n) is 9.38. The van der Waals surface area contributed by atoms with Gasteiger partial charge >= 0.3 is 0 Å². The molecule has 0 spiro atoms. The highest BCUT2D eigenvalue weighted by Crippen LogP contribution is 2.16. The van der Waals surface area contributed by atoms with Crippen molar-refractivity contribution in [3.63, 3.8) is 0 Å². The summed E-state index contributed by atoms with van der Waals surface area (Å²) in [7, 11) is 1.84. The minimum absolute atomic E-state index is 0.0154. The lowest BCUT2D eigenvalue weighted by Gasteiger charge is -2.22. The maximum absolute atomic E-state index is 12.6. The SMILES string of the molecule is CNCCCC[C@H](NC(=O)[C@@H](N)CCCN=C(N)N)C(=O)N[C@@H](CO)C1OO1. The first-order valence-corrected chi connectivity index (χ1v) is 9.38. The highest BCUT2D eigenvalue weighted by molar-refractivity contribution is 5.89. The lowest BCUT2D eigenvalue weighted by molar-refractivity contribution is -0.130. The lowest BCUT2D eigenvalue weighted by Crippen LogP contribution is -2.54. The third-order valence-electron chi connectivity index (χ3n) is 4.17. The van der Waals surface area contributed by atoms with Crippen LogP contribution in [-0.2, 0) is 19.4 Å². The zero-order valence-electron chi connectivity index (χ0n) is 16.2. The number of aliphatic imine (C=N–C) groups is 1. The molecule has 12 heteroatoms. The number of unbranched alkanes of at least 4 members (excludes halogenated alkanes) is 1. The predicted octanol–water partition coefficient (Wildman–Crippen LogP) is -2.99. The molecule has 0 bridgehead atoms. The van der Waals surface area contributed by atoms with Crippen molar-refractivity contribution in [1.82, 2.24) is 16.0 Å². The number of hydrogen-bond acceptors (Lipinski definition) is 8. The van der Waals surface area contributed by atoms with Crippen LogP contribution in [0.1, 0.15) is 32.1 Å². The molecule has 0 radical (unpaired) electrons. The molecule has 1 aliphatic heterocycles. The molecule has 3 atom stereocenters. The second-order valence-electron chi connectivity index (χ2n) is 6.57. The van der Waals surface area contributed by atoms with Crippen molar-refractivity contribution in [1.29, 1.82) is 0 Å². The number of carbonyl (C=O) groups is 2. The number of rotatable bonds is 15. The minimum atomic E-state index is -0.787. The number of amides is 2. The molecule has 0 aromatic carbocycles. The van der Waals surface area contributed by atoms with Gasteiger partial charge in [0.25, 0.3) is 0 Å². The lowest BCUT2D eigenvalue weighted by atomic mass is 10.1. The van der Waals surface area contributed by atoms with Gasteiger partial charge in [-0.05, 0) is 45.7 Å². The highest BCUT2D eigenvalue weighted by Gasteiger charge is 2.38. The van der Waals surface area contributed by atoms with Gasteiger partial charge in [0.1, 0.15) is 12.1 Å². The Morgan fingerprint density at radius 3 is 2.39 bits per heavy atom. The maximum atomic E-state index is 12.6. The summed E-state index contributed by atoms with van der Waals surface area (Å²) in [6.07, 6.45) is 2.24. The number of guanidine groups is 1. The number of aliphatic hydroxyl groups is 1. The van der Waals surface area contributed by atoms with E-state index in [1.807, 2.05) is 7.05 Å². The van der Waals surface area contributed by atoms with E-state index in [9.17, 15) is 14.7 Å². The second-order valence-corrected chi connectivity index (χ2v) is 6.57. The monoisotopic (exact) mass is 403 g/mol. The number of hydrogen-bond donors (Lipinski definition) is 7. The Balaban J connectivity index is 2.55. The molecule has 162 valence electrons. The van der Waals surface area contributed by atoms with E-state index in [1.165, 1.54) is 0 Å². The highest BCUT2D eigenvalue weighted by atomic mass is 17.4. The molecule has 28 heavy (non-hydrogen) atoms. The van der Waals surface area contributed by atoms with Gasteiger partial charge < -0.3 is 38.3 Å². The van der Waals surface area contributed by atoms with E-state index in [2.05, 4.69) is 30.7 Å². The van der Waals surface area contributed by atoms with Crippen molar-refractivity contribution in [3.05, 3.63) is 0 Å². The van der Waals surface area contributed by atoms with E-state index in [-0.39, 0.29) is 12.6 Å². The van der Waals surface area contributed by atoms with Crippen LogP contribution in [0.25, 0.3) is 0 Å². The predicted molar refractivity (Wildman–Crippen MR) is 103 cm³/mol. The van der Waals surface area contributed by atoms with Crippen LogP contribution in [0.5, 0.6) is 0 Å². The molecule has 2 amide bonds. The van der Waals surface area contributed by atoms with Crippen molar-refractivity contribution < 1.29 is 24.5 Å². The second kappa shape index (κ2) is 13.2. The van der Waals surface area contributed by atoms with Gasteiger partial charge in [-0.1, -0.05) is 0 Å². The van der Waals surface area contributed by atoms with Crippen LogP contribution in [0.3, 0.4) is 0 Å². The first-order chi connectivity index (χ1) is 13.4. The smallest absolute Gasteiger partial charge is 0.246 e. The molecule has 0 unspecified atom stereocenters. The Bertz CT molecular complexity index is 512. The summed E-state index contributed by atoms with van der Waals surface area (Å²) >= 11 is 0. The van der Waals surface area contributed by atoms with Crippen molar-refractivity contribution in [2.75, 3.05) is 26.7 Å². The summed E-state index contributed by atoms with van der Waals surface area (Å²) in [6.45, 7) is 0.827. The molecule has 10 N–H and O–H groups in total. The number of nitrogens with zero attached hydrogens (tertiary/aromatic N) is 1. The molecular weight excluding hydrogens is 370 g/mol. The number of nitrogens with one attached hydrogen (secondary N) is 3. The maximum Gasteiger partial charge on any atom is 0.246 e. The van der Waals surface area contributed by atoms with E-state index in [0.717, 1.165) is 19.4 Å². The Morgan fingerprint density at radius 2 is 1.82 bits per heavy atom. The van der Waals surface area contributed by atoms with Crippen LogP contribution < -0.4 is 33.2 Å². The Labute approximate surface area is 164 Å². The normalized spacial score (nSPS) is 16.7. The van der Waals surface area contributed by atoms with E-state index in [1.54, 1.807) is 0 Å². The average molecular weight is 403 g/mol. The summed E-state index contributed by atoms with van der Waals surface area (Å²) in [5, 5.41) is 17.7. The molecule has 0 aromatic heterocycles. The standard InChI is InChI=1S/C16H33N7O5/c1-20-7-3-2-6-11(14(26)23-12(9-24)15-27-28-15)22-13(25)10(17)5-4-8-21-16(18)19/h10-12,15,20,24H,2-9,17H2,1H3,(H,22,25)(H,23,26)(H4,18,19,21)/t10-,11-,12-/m0/s1. The van der Waals surface area contributed by atoms with Crippen LogP contribution in [0.4, 0.5) is 0 Å². The third-order valence-corrected chi connectivity index (χ3v) is 4.17. The van der Waals surface area contributed by atoms with Crippen LogP contribution >= 0.6 is 0 Å². The van der Waals surface area contributed by atoms with Gasteiger partial charge in [-0.25, -0.2) is 0 Å². The fourth-order valence-corrected chi connectivity index (χ4v) is 2.50. The fraction of sp³-hybridized carbons (Fsp3) is 0.812. The summed E-state index contributed by atoms with van der Waals surface area (Å²) in [4.78, 5) is 38.0. The molecule has 1 fully saturated rings. The molecule has 0 aromatic rings. The molecule has 0 saturated carbocycles. The van der Waals surface area contributed by atoms with Crippen LogP contribution in [-0.4, -0.2) is 74.0 Å². The summed E-state index contributed by atoms with van der Waals surface area (Å²) < 4.78 is 0. The van der Waals surface area contributed by atoms with Crippen molar-refractivity contribution >= 4 is 17.8 Å². The number of aliphatic hydroxyl groups excluding tert-OH is 1. The number of carbonyl (C=O) groups excluding carboxylic acids is 2. The number of nitrogens with two attached hydrogens (primary N) is 3. The third kappa shape index (κ3) is 9.80. The zero-order chi connectivity index (χ0) is 20.9. The summed E-state index contributed by atoms with van der Waals surface area (Å²) in [5.41, 5.74) is 16.4.